The molecule has 0 fully saturated rings. The summed E-state index contributed by atoms with van der Waals surface area (Å²) in [5.41, 5.74) is 3.76. The second-order valence-corrected chi connectivity index (χ2v) is 7.20. The molecule has 7 heteroatoms. The summed E-state index contributed by atoms with van der Waals surface area (Å²) in [5.74, 6) is 0. The smallest absolute Gasteiger partial charge is 0.405 e. The standard InChI is InChI=1S/C21H16BrN3O3/c22-13-8-9-17-19(11-13)28-25-20(17)16-7-2-1-6-15(16)18(24-21(26)27)12-14-5-3-4-10-23-14/h1-11,18,24H,12H2,(H,26,27). The third kappa shape index (κ3) is 3.75. The summed E-state index contributed by atoms with van der Waals surface area (Å²) in [7, 11) is 0. The average Bonchev–Trinajstić information content (AvgIpc) is 3.11. The Morgan fingerprint density at radius 2 is 1.96 bits per heavy atom. The predicted octanol–water partition coefficient (Wildman–Crippen LogP) is 5.20. The maximum absolute atomic E-state index is 11.5. The van der Waals surface area contributed by atoms with E-state index < -0.39 is 12.1 Å². The van der Waals surface area contributed by atoms with Crippen molar-refractivity contribution in [2.45, 2.75) is 12.5 Å². The fourth-order valence-electron chi connectivity index (χ4n) is 3.24. The van der Waals surface area contributed by atoms with Crippen molar-refractivity contribution in [1.29, 1.82) is 0 Å². The van der Waals surface area contributed by atoms with E-state index in [9.17, 15) is 9.90 Å². The van der Waals surface area contributed by atoms with E-state index in [-0.39, 0.29) is 0 Å². The van der Waals surface area contributed by atoms with Crippen LogP contribution in [0.2, 0.25) is 0 Å². The lowest BCUT2D eigenvalue weighted by molar-refractivity contribution is 0.190. The largest absolute Gasteiger partial charge is 0.465 e. The van der Waals surface area contributed by atoms with Gasteiger partial charge in [-0.1, -0.05) is 51.4 Å². The maximum Gasteiger partial charge on any atom is 0.405 e. The van der Waals surface area contributed by atoms with Crippen LogP contribution in [-0.4, -0.2) is 21.3 Å². The van der Waals surface area contributed by atoms with Crippen LogP contribution in [0.4, 0.5) is 4.79 Å². The Morgan fingerprint density at radius 1 is 1.14 bits per heavy atom. The molecular formula is C21H16BrN3O3. The summed E-state index contributed by atoms with van der Waals surface area (Å²) in [6.45, 7) is 0. The second-order valence-electron chi connectivity index (χ2n) is 6.29. The molecule has 2 heterocycles. The lowest BCUT2D eigenvalue weighted by Gasteiger charge is -2.20. The molecule has 1 amide bonds. The van der Waals surface area contributed by atoms with Gasteiger partial charge in [-0.3, -0.25) is 4.98 Å². The van der Waals surface area contributed by atoms with E-state index in [1.54, 1.807) is 6.20 Å². The van der Waals surface area contributed by atoms with E-state index in [2.05, 4.69) is 31.4 Å². The molecule has 1 atom stereocenters. The van der Waals surface area contributed by atoms with Gasteiger partial charge in [-0.05, 0) is 35.9 Å². The Balaban J connectivity index is 1.80. The quantitative estimate of drug-likeness (QED) is 0.447. The van der Waals surface area contributed by atoms with Crippen molar-refractivity contribution in [2.75, 3.05) is 0 Å². The molecule has 4 rings (SSSR count). The minimum Gasteiger partial charge on any atom is -0.465 e. The van der Waals surface area contributed by atoms with Gasteiger partial charge in [0.05, 0.1) is 6.04 Å². The summed E-state index contributed by atoms with van der Waals surface area (Å²) in [6, 6.07) is 18.4. The van der Waals surface area contributed by atoms with Crippen LogP contribution in [0.1, 0.15) is 17.3 Å². The normalized spacial score (nSPS) is 12.0. The molecule has 0 aliphatic rings. The lowest BCUT2D eigenvalue weighted by atomic mass is 9.93. The van der Waals surface area contributed by atoms with E-state index >= 15 is 0 Å². The molecule has 2 aromatic heterocycles. The number of amides is 1. The highest BCUT2D eigenvalue weighted by Gasteiger charge is 2.22. The third-order valence-electron chi connectivity index (χ3n) is 4.46. The van der Waals surface area contributed by atoms with Gasteiger partial charge >= 0.3 is 6.09 Å². The Labute approximate surface area is 169 Å². The molecule has 0 radical (unpaired) electrons. The third-order valence-corrected chi connectivity index (χ3v) is 4.96. The topological polar surface area (TPSA) is 88.2 Å². The minimum absolute atomic E-state index is 0.422. The molecule has 0 saturated carbocycles. The van der Waals surface area contributed by atoms with Crippen LogP contribution in [-0.2, 0) is 6.42 Å². The van der Waals surface area contributed by atoms with Gasteiger partial charge in [0.15, 0.2) is 5.58 Å². The van der Waals surface area contributed by atoms with Crippen LogP contribution < -0.4 is 5.32 Å². The number of carboxylic acid groups (broad SMARTS) is 1. The summed E-state index contributed by atoms with van der Waals surface area (Å²) in [4.78, 5) is 15.8. The van der Waals surface area contributed by atoms with Crippen LogP contribution >= 0.6 is 15.9 Å². The lowest BCUT2D eigenvalue weighted by Crippen LogP contribution is -2.29. The Kier molecular flexibility index (Phi) is 5.08. The molecule has 4 aromatic rings. The first-order valence-electron chi connectivity index (χ1n) is 8.65. The fraction of sp³-hybridized carbons (Fsp3) is 0.0952. The highest BCUT2D eigenvalue weighted by Crippen LogP contribution is 2.34. The molecule has 28 heavy (non-hydrogen) atoms. The van der Waals surface area contributed by atoms with E-state index in [0.29, 0.717) is 17.7 Å². The molecule has 0 bridgehead atoms. The van der Waals surface area contributed by atoms with Crippen molar-refractivity contribution in [1.82, 2.24) is 15.5 Å². The number of benzene rings is 2. The maximum atomic E-state index is 11.5. The molecule has 6 nitrogen and oxygen atoms in total. The molecule has 0 aliphatic heterocycles. The summed E-state index contributed by atoms with van der Waals surface area (Å²) in [6.07, 6.45) is 1.03. The van der Waals surface area contributed by atoms with Crippen LogP contribution in [0.15, 0.2) is 75.9 Å². The van der Waals surface area contributed by atoms with Gasteiger partial charge in [-0.15, -0.1) is 0 Å². The summed E-state index contributed by atoms with van der Waals surface area (Å²) >= 11 is 3.43. The van der Waals surface area contributed by atoms with Crippen molar-refractivity contribution < 1.29 is 14.4 Å². The van der Waals surface area contributed by atoms with E-state index in [0.717, 1.165) is 26.7 Å². The van der Waals surface area contributed by atoms with Gasteiger partial charge in [-0.2, -0.15) is 0 Å². The zero-order chi connectivity index (χ0) is 19.5. The van der Waals surface area contributed by atoms with Crippen molar-refractivity contribution >= 4 is 33.0 Å². The molecule has 2 aromatic carbocycles. The minimum atomic E-state index is -1.09. The van der Waals surface area contributed by atoms with Crippen LogP contribution in [0, 0.1) is 0 Å². The highest BCUT2D eigenvalue weighted by molar-refractivity contribution is 9.10. The van der Waals surface area contributed by atoms with Gasteiger partial charge in [0.2, 0.25) is 0 Å². The van der Waals surface area contributed by atoms with Crippen LogP contribution in [0.5, 0.6) is 0 Å². The Hall–Kier alpha value is -3.19. The van der Waals surface area contributed by atoms with Crippen molar-refractivity contribution in [3.63, 3.8) is 0 Å². The zero-order valence-corrected chi connectivity index (χ0v) is 16.3. The SMILES string of the molecule is O=C(O)NC(Cc1ccccn1)c1ccccc1-c1noc2cc(Br)ccc12. The highest BCUT2D eigenvalue weighted by atomic mass is 79.9. The first-order valence-corrected chi connectivity index (χ1v) is 9.45. The van der Waals surface area contributed by atoms with Crippen molar-refractivity contribution in [3.05, 3.63) is 82.6 Å². The number of halogens is 1. The first kappa shape index (κ1) is 18.2. The molecule has 0 aliphatic carbocycles. The molecule has 0 spiro atoms. The molecule has 2 N–H and O–H groups in total. The van der Waals surface area contributed by atoms with Gasteiger partial charge in [0, 0.05) is 33.7 Å². The summed E-state index contributed by atoms with van der Waals surface area (Å²) < 4.78 is 6.39. The monoisotopic (exact) mass is 437 g/mol. The fourth-order valence-corrected chi connectivity index (χ4v) is 3.58. The molecule has 140 valence electrons. The first-order chi connectivity index (χ1) is 13.6. The van der Waals surface area contributed by atoms with E-state index in [1.807, 2.05) is 60.7 Å². The van der Waals surface area contributed by atoms with Gasteiger partial charge < -0.3 is 14.9 Å². The van der Waals surface area contributed by atoms with Crippen LogP contribution in [0.3, 0.4) is 0 Å². The van der Waals surface area contributed by atoms with Crippen molar-refractivity contribution in [3.8, 4) is 11.3 Å². The van der Waals surface area contributed by atoms with E-state index in [1.165, 1.54) is 0 Å². The molecule has 0 saturated heterocycles. The van der Waals surface area contributed by atoms with Gasteiger partial charge in [0.1, 0.15) is 5.69 Å². The average molecular weight is 438 g/mol. The Morgan fingerprint density at radius 3 is 2.75 bits per heavy atom. The molecular weight excluding hydrogens is 422 g/mol. The number of hydrogen-bond donors (Lipinski definition) is 2. The number of aromatic nitrogens is 2. The number of rotatable bonds is 5. The molecule has 1 unspecified atom stereocenters. The van der Waals surface area contributed by atoms with Gasteiger partial charge in [0.25, 0.3) is 0 Å². The predicted molar refractivity (Wildman–Crippen MR) is 109 cm³/mol. The van der Waals surface area contributed by atoms with E-state index in [4.69, 9.17) is 4.52 Å². The number of hydrogen-bond acceptors (Lipinski definition) is 4. The zero-order valence-electron chi connectivity index (χ0n) is 14.7. The summed E-state index contributed by atoms with van der Waals surface area (Å²) in [5, 5.41) is 17.1. The van der Waals surface area contributed by atoms with Gasteiger partial charge in [-0.25, -0.2) is 4.79 Å². The Bertz CT molecular complexity index is 1130. The number of nitrogens with one attached hydrogen (secondary N) is 1. The van der Waals surface area contributed by atoms with Crippen molar-refractivity contribution in [2.24, 2.45) is 0 Å². The number of nitrogens with zero attached hydrogens (tertiary/aromatic N) is 2. The van der Waals surface area contributed by atoms with Crippen LogP contribution in [0.25, 0.3) is 22.2 Å². The number of pyridine rings is 1. The number of carbonyl (C=O) groups is 1. The second kappa shape index (κ2) is 7.82. The number of fused-ring (bicyclic) bond motifs is 1.